The summed E-state index contributed by atoms with van der Waals surface area (Å²) in [6.45, 7) is 0. The molecule has 0 unspecified atom stereocenters. The van der Waals surface area contributed by atoms with Crippen LogP contribution in [0.3, 0.4) is 0 Å². The van der Waals surface area contributed by atoms with Gasteiger partial charge in [0.05, 0.1) is 28.4 Å². The average Bonchev–Trinajstić information content (AvgIpc) is 3.12. The van der Waals surface area contributed by atoms with Crippen LogP contribution >= 0.6 is 0 Å². The van der Waals surface area contributed by atoms with Crippen molar-refractivity contribution in [2.45, 2.75) is 5.92 Å². The quantitative estimate of drug-likeness (QED) is 0.148. The molecule has 0 aliphatic carbocycles. The number of methoxy groups -OCH3 is 4. The van der Waals surface area contributed by atoms with Gasteiger partial charge in [-0.15, -0.1) is 0 Å². The zero-order valence-corrected chi connectivity index (χ0v) is 26.0. The molecule has 6 aromatic carbocycles. The van der Waals surface area contributed by atoms with Gasteiger partial charge in [0.25, 0.3) is 0 Å². The van der Waals surface area contributed by atoms with Gasteiger partial charge in [0.1, 0.15) is 23.0 Å². The van der Waals surface area contributed by atoms with Crippen molar-refractivity contribution in [1.82, 2.24) is 0 Å². The highest BCUT2D eigenvalue weighted by molar-refractivity contribution is 5.72. The molecule has 0 aromatic heterocycles. The number of ether oxygens (including phenoxy) is 4. The molecule has 0 aliphatic heterocycles. The Morgan fingerprint density at radius 3 is 1.16 bits per heavy atom. The fraction of sp³-hybridized carbons (Fsp3) is 0.122. The highest BCUT2D eigenvalue weighted by atomic mass is 16.5. The lowest BCUT2D eigenvalue weighted by Gasteiger charge is -2.25. The van der Waals surface area contributed by atoms with Gasteiger partial charge in [0.2, 0.25) is 0 Å². The third-order valence-corrected chi connectivity index (χ3v) is 8.28. The van der Waals surface area contributed by atoms with Crippen molar-refractivity contribution in [2.75, 3.05) is 28.4 Å². The summed E-state index contributed by atoms with van der Waals surface area (Å²) in [7, 11) is 6.82. The lowest BCUT2D eigenvalue weighted by molar-refractivity contribution is 0.402. The van der Waals surface area contributed by atoms with Gasteiger partial charge in [0.15, 0.2) is 0 Å². The minimum absolute atomic E-state index is 0.184. The Bertz CT molecular complexity index is 1760. The van der Waals surface area contributed by atoms with E-state index < -0.39 is 0 Å². The van der Waals surface area contributed by atoms with Crippen molar-refractivity contribution in [3.8, 4) is 56.4 Å². The smallest absolute Gasteiger partial charge is 0.123 e. The summed E-state index contributed by atoms with van der Waals surface area (Å²) in [4.78, 5) is 0. The molecule has 0 spiro atoms. The van der Waals surface area contributed by atoms with Crippen LogP contribution in [0.2, 0.25) is 0 Å². The van der Waals surface area contributed by atoms with Crippen molar-refractivity contribution in [3.63, 3.8) is 0 Å². The first kappa shape index (κ1) is 29.6. The molecule has 0 heterocycles. The topological polar surface area (TPSA) is 36.9 Å². The number of rotatable bonds is 10. The standard InChI is InChI=1S/C41H36O4/c1-42-35-20-14-30(15-21-35)33-18-24-39(44-3)37(26-33)41(32-12-10-29(11-13-32)28-8-6-5-7-9-28)38-27-34(19-25-40(38)45-4)31-16-22-36(43-2)23-17-31/h5-27,41H,1-4H3. The number of benzene rings is 6. The van der Waals surface area contributed by atoms with Crippen molar-refractivity contribution < 1.29 is 18.9 Å². The zero-order chi connectivity index (χ0) is 31.2. The van der Waals surface area contributed by atoms with Gasteiger partial charge in [0, 0.05) is 17.0 Å². The maximum Gasteiger partial charge on any atom is 0.123 e. The molecular weight excluding hydrogens is 556 g/mol. The summed E-state index contributed by atoms with van der Waals surface area (Å²) in [5.74, 6) is 3.08. The van der Waals surface area contributed by atoms with E-state index in [-0.39, 0.29) is 5.92 Å². The predicted octanol–water partition coefficient (Wildman–Crippen LogP) is 9.90. The Morgan fingerprint density at radius 2 is 0.733 bits per heavy atom. The normalized spacial score (nSPS) is 10.9. The largest absolute Gasteiger partial charge is 0.497 e. The van der Waals surface area contributed by atoms with E-state index >= 15 is 0 Å². The second kappa shape index (κ2) is 13.4. The molecule has 0 fully saturated rings. The summed E-state index contributed by atoms with van der Waals surface area (Å²) >= 11 is 0. The summed E-state index contributed by atoms with van der Waals surface area (Å²) < 4.78 is 22.9. The highest BCUT2D eigenvalue weighted by Crippen LogP contribution is 2.44. The van der Waals surface area contributed by atoms with Gasteiger partial charge in [-0.25, -0.2) is 0 Å². The molecule has 6 rings (SSSR count). The van der Waals surface area contributed by atoms with Gasteiger partial charge in [-0.2, -0.15) is 0 Å². The fourth-order valence-corrected chi connectivity index (χ4v) is 5.87. The Morgan fingerprint density at radius 1 is 0.356 bits per heavy atom. The van der Waals surface area contributed by atoms with Crippen LogP contribution in [0.15, 0.2) is 140 Å². The minimum Gasteiger partial charge on any atom is -0.497 e. The first-order valence-corrected chi connectivity index (χ1v) is 14.9. The van der Waals surface area contributed by atoms with Gasteiger partial charge < -0.3 is 18.9 Å². The Labute approximate surface area is 265 Å². The monoisotopic (exact) mass is 592 g/mol. The summed E-state index contributed by atoms with van der Waals surface area (Å²) in [6, 6.07) is 48.3. The van der Waals surface area contributed by atoms with E-state index in [1.54, 1.807) is 28.4 Å². The molecule has 0 radical (unpaired) electrons. The van der Waals surface area contributed by atoms with E-state index in [1.165, 1.54) is 5.56 Å². The minimum atomic E-state index is -0.184. The lowest BCUT2D eigenvalue weighted by atomic mass is 9.81. The Kier molecular flexibility index (Phi) is 8.84. The molecule has 0 aliphatic rings. The van der Waals surface area contributed by atoms with Crippen molar-refractivity contribution in [1.29, 1.82) is 0 Å². The molecule has 0 bridgehead atoms. The van der Waals surface area contributed by atoms with Crippen LogP contribution in [-0.2, 0) is 0 Å². The lowest BCUT2D eigenvalue weighted by Crippen LogP contribution is -2.08. The number of hydrogen-bond acceptors (Lipinski definition) is 4. The number of hydrogen-bond donors (Lipinski definition) is 0. The van der Waals surface area contributed by atoms with Gasteiger partial charge in [-0.3, -0.25) is 0 Å². The molecule has 4 heteroatoms. The van der Waals surface area contributed by atoms with Crippen LogP contribution < -0.4 is 18.9 Å². The average molecular weight is 593 g/mol. The fourth-order valence-electron chi connectivity index (χ4n) is 5.87. The molecule has 6 aromatic rings. The molecule has 0 N–H and O–H groups in total. The van der Waals surface area contributed by atoms with Crippen LogP contribution in [0.5, 0.6) is 23.0 Å². The van der Waals surface area contributed by atoms with E-state index in [0.717, 1.165) is 67.5 Å². The maximum atomic E-state index is 6.03. The zero-order valence-electron chi connectivity index (χ0n) is 26.0. The molecule has 0 atom stereocenters. The van der Waals surface area contributed by atoms with Crippen LogP contribution in [0.1, 0.15) is 22.6 Å². The predicted molar refractivity (Wildman–Crippen MR) is 183 cm³/mol. The van der Waals surface area contributed by atoms with E-state index in [9.17, 15) is 0 Å². The molecule has 0 saturated carbocycles. The van der Waals surface area contributed by atoms with Crippen molar-refractivity contribution >= 4 is 0 Å². The Hall–Kier alpha value is -5.48. The summed E-state index contributed by atoms with van der Waals surface area (Å²) in [5, 5.41) is 0. The highest BCUT2D eigenvalue weighted by Gasteiger charge is 2.25. The molecule has 45 heavy (non-hydrogen) atoms. The van der Waals surface area contributed by atoms with Crippen LogP contribution in [0.4, 0.5) is 0 Å². The van der Waals surface area contributed by atoms with Crippen LogP contribution in [0.25, 0.3) is 33.4 Å². The van der Waals surface area contributed by atoms with Gasteiger partial charge in [-0.05, 0) is 87.5 Å². The molecule has 0 saturated heterocycles. The first-order valence-electron chi connectivity index (χ1n) is 14.9. The van der Waals surface area contributed by atoms with Crippen molar-refractivity contribution in [3.05, 3.63) is 156 Å². The van der Waals surface area contributed by atoms with Crippen molar-refractivity contribution in [2.24, 2.45) is 0 Å². The third kappa shape index (κ3) is 6.27. The van der Waals surface area contributed by atoms with Crippen LogP contribution in [0, 0.1) is 0 Å². The molecular formula is C41H36O4. The van der Waals surface area contributed by atoms with E-state index in [2.05, 4.69) is 109 Å². The van der Waals surface area contributed by atoms with E-state index in [1.807, 2.05) is 30.3 Å². The van der Waals surface area contributed by atoms with E-state index in [4.69, 9.17) is 18.9 Å². The Balaban J connectivity index is 1.54. The molecule has 0 amide bonds. The summed E-state index contributed by atoms with van der Waals surface area (Å²) in [5.41, 5.74) is 9.93. The first-order chi connectivity index (χ1) is 22.1. The molecule has 4 nitrogen and oxygen atoms in total. The SMILES string of the molecule is COc1ccc(-c2ccc(OC)c(C(c3ccc(-c4ccccc4)cc3)c3cc(-c4ccc(OC)cc4)ccc3OC)c2)cc1. The molecule has 224 valence electrons. The third-order valence-electron chi connectivity index (χ3n) is 8.28. The summed E-state index contributed by atoms with van der Waals surface area (Å²) in [6.07, 6.45) is 0. The maximum absolute atomic E-state index is 6.03. The van der Waals surface area contributed by atoms with E-state index in [0.29, 0.717) is 0 Å². The second-order valence-corrected chi connectivity index (χ2v) is 10.8. The van der Waals surface area contributed by atoms with Gasteiger partial charge in [-0.1, -0.05) is 91.0 Å². The van der Waals surface area contributed by atoms with Crippen LogP contribution in [-0.4, -0.2) is 28.4 Å². The van der Waals surface area contributed by atoms with Gasteiger partial charge >= 0.3 is 0 Å². The second-order valence-electron chi connectivity index (χ2n) is 10.8.